The van der Waals surface area contributed by atoms with Crippen molar-refractivity contribution in [3.05, 3.63) is 99.4 Å². The van der Waals surface area contributed by atoms with Crippen molar-refractivity contribution in [3.63, 3.8) is 0 Å². The van der Waals surface area contributed by atoms with Gasteiger partial charge < -0.3 is 9.15 Å². The molecule has 0 amide bonds. The first-order valence-electron chi connectivity index (χ1n) is 8.62. The molecule has 0 bridgehead atoms. The van der Waals surface area contributed by atoms with Gasteiger partial charge in [-0.2, -0.15) is 0 Å². The highest BCUT2D eigenvalue weighted by atomic mass is 35.5. The minimum Gasteiger partial charge on any atom is -0.489 e. The van der Waals surface area contributed by atoms with E-state index >= 15 is 0 Å². The minimum atomic E-state index is -0.0404. The Morgan fingerprint density at radius 1 is 0.963 bits per heavy atom. The zero-order valence-corrected chi connectivity index (χ0v) is 15.5. The third-order valence-electron chi connectivity index (χ3n) is 4.40. The summed E-state index contributed by atoms with van der Waals surface area (Å²) in [5.41, 5.74) is 2.89. The van der Waals surface area contributed by atoms with Gasteiger partial charge in [-0.15, -0.1) is 0 Å². The van der Waals surface area contributed by atoms with Crippen LogP contribution in [0.15, 0.2) is 82.0 Å². The van der Waals surface area contributed by atoms with Gasteiger partial charge in [0, 0.05) is 11.1 Å². The summed E-state index contributed by atoms with van der Waals surface area (Å²) in [5.74, 6) is 1.23. The molecule has 0 N–H and O–H groups in total. The second-order valence-corrected chi connectivity index (χ2v) is 6.74. The van der Waals surface area contributed by atoms with Gasteiger partial charge in [-0.25, -0.2) is 0 Å². The molecule has 0 fully saturated rings. The minimum absolute atomic E-state index is 0.0404. The largest absolute Gasteiger partial charge is 0.489 e. The second kappa shape index (κ2) is 7.29. The molecular weight excluding hydrogens is 360 g/mol. The number of aryl methyl sites for hydroxylation is 1. The second-order valence-electron chi connectivity index (χ2n) is 6.30. The fourth-order valence-corrected chi connectivity index (χ4v) is 3.32. The molecule has 4 aromatic rings. The summed E-state index contributed by atoms with van der Waals surface area (Å²) >= 11 is 6.00. The van der Waals surface area contributed by atoms with E-state index in [1.54, 1.807) is 18.2 Å². The van der Waals surface area contributed by atoms with Crippen LogP contribution in [0.2, 0.25) is 5.02 Å². The fourth-order valence-electron chi connectivity index (χ4n) is 3.11. The SMILES string of the molecule is Cc1oc2cc(OCc3cccc(Cl)c3)ccc2c(=O)c1-c1ccccc1. The summed E-state index contributed by atoms with van der Waals surface area (Å²) < 4.78 is 11.8. The van der Waals surface area contributed by atoms with Gasteiger partial charge >= 0.3 is 0 Å². The third-order valence-corrected chi connectivity index (χ3v) is 4.63. The normalized spacial score (nSPS) is 10.9. The number of hydrogen-bond donors (Lipinski definition) is 0. The Morgan fingerprint density at radius 3 is 2.56 bits per heavy atom. The van der Waals surface area contributed by atoms with Gasteiger partial charge in [-0.1, -0.05) is 54.1 Å². The molecule has 4 heteroatoms. The topological polar surface area (TPSA) is 39.4 Å². The lowest BCUT2D eigenvalue weighted by Gasteiger charge is -2.10. The lowest BCUT2D eigenvalue weighted by molar-refractivity contribution is 0.306. The summed E-state index contributed by atoms with van der Waals surface area (Å²) in [6, 6.07) is 22.4. The first kappa shape index (κ1) is 17.4. The van der Waals surface area contributed by atoms with Gasteiger partial charge in [-0.3, -0.25) is 4.79 Å². The maximum absolute atomic E-state index is 13.0. The van der Waals surface area contributed by atoms with Crippen molar-refractivity contribution in [2.45, 2.75) is 13.5 Å². The first-order chi connectivity index (χ1) is 13.1. The van der Waals surface area contributed by atoms with Gasteiger partial charge in [0.15, 0.2) is 0 Å². The predicted molar refractivity (Wildman–Crippen MR) is 108 cm³/mol. The van der Waals surface area contributed by atoms with Crippen LogP contribution in [0.1, 0.15) is 11.3 Å². The van der Waals surface area contributed by atoms with Gasteiger partial charge in [0.2, 0.25) is 5.43 Å². The maximum Gasteiger partial charge on any atom is 0.200 e. The first-order valence-corrected chi connectivity index (χ1v) is 9.00. The quantitative estimate of drug-likeness (QED) is 0.438. The van der Waals surface area contributed by atoms with E-state index in [0.29, 0.717) is 39.7 Å². The zero-order valence-electron chi connectivity index (χ0n) is 14.7. The number of ether oxygens (including phenoxy) is 1. The maximum atomic E-state index is 13.0. The van der Waals surface area contributed by atoms with E-state index in [1.807, 2.05) is 61.5 Å². The molecule has 0 saturated heterocycles. The molecule has 0 aliphatic carbocycles. The van der Waals surface area contributed by atoms with Crippen molar-refractivity contribution in [1.82, 2.24) is 0 Å². The van der Waals surface area contributed by atoms with Gasteiger partial charge in [-0.05, 0) is 42.3 Å². The predicted octanol–water partition coefficient (Wildman–Crippen LogP) is 6.00. The van der Waals surface area contributed by atoms with Crippen LogP contribution in [0.4, 0.5) is 0 Å². The molecule has 0 spiro atoms. The fraction of sp³-hybridized carbons (Fsp3) is 0.0870. The summed E-state index contributed by atoms with van der Waals surface area (Å²) in [4.78, 5) is 13.0. The Morgan fingerprint density at radius 2 is 1.78 bits per heavy atom. The average molecular weight is 377 g/mol. The van der Waals surface area contributed by atoms with Gasteiger partial charge in [0.25, 0.3) is 0 Å². The van der Waals surface area contributed by atoms with Crippen molar-refractivity contribution in [1.29, 1.82) is 0 Å². The number of rotatable bonds is 4. The molecule has 4 rings (SSSR count). The standard InChI is InChI=1S/C23H17ClO3/c1-15-22(17-7-3-2-4-8-17)23(25)20-11-10-19(13-21(20)27-15)26-14-16-6-5-9-18(24)12-16/h2-13H,14H2,1H3. The highest BCUT2D eigenvalue weighted by Crippen LogP contribution is 2.26. The molecular formula is C23H17ClO3. The van der Waals surface area contributed by atoms with Crippen molar-refractivity contribution in [2.24, 2.45) is 0 Å². The summed E-state index contributed by atoms with van der Waals surface area (Å²) in [5, 5.41) is 1.21. The molecule has 0 atom stereocenters. The molecule has 3 nitrogen and oxygen atoms in total. The van der Waals surface area contributed by atoms with E-state index in [2.05, 4.69) is 0 Å². The van der Waals surface area contributed by atoms with Crippen LogP contribution >= 0.6 is 11.6 Å². The third kappa shape index (κ3) is 3.60. The number of benzene rings is 3. The van der Waals surface area contributed by atoms with Crippen molar-refractivity contribution >= 4 is 22.6 Å². The Bertz CT molecular complexity index is 1160. The lowest BCUT2D eigenvalue weighted by Crippen LogP contribution is -2.07. The Labute approximate surface area is 161 Å². The van der Waals surface area contributed by atoms with E-state index in [9.17, 15) is 4.79 Å². The molecule has 0 aliphatic rings. The molecule has 1 heterocycles. The van der Waals surface area contributed by atoms with E-state index in [4.69, 9.17) is 20.8 Å². The molecule has 0 radical (unpaired) electrons. The lowest BCUT2D eigenvalue weighted by atomic mass is 10.0. The number of hydrogen-bond acceptors (Lipinski definition) is 3. The van der Waals surface area contributed by atoms with Crippen molar-refractivity contribution in [3.8, 4) is 16.9 Å². The smallest absolute Gasteiger partial charge is 0.200 e. The summed E-state index contributed by atoms with van der Waals surface area (Å²) in [6.45, 7) is 2.19. The number of fused-ring (bicyclic) bond motifs is 1. The molecule has 0 aliphatic heterocycles. The van der Waals surface area contributed by atoms with Crippen molar-refractivity contribution in [2.75, 3.05) is 0 Å². The molecule has 0 saturated carbocycles. The monoisotopic (exact) mass is 376 g/mol. The summed E-state index contributed by atoms with van der Waals surface area (Å²) in [7, 11) is 0. The van der Waals surface area contributed by atoms with Gasteiger partial charge in [0.1, 0.15) is 23.7 Å². The Hall–Kier alpha value is -3.04. The Kier molecular flexibility index (Phi) is 4.69. The Balaban J connectivity index is 1.68. The van der Waals surface area contributed by atoms with Crippen LogP contribution in [-0.2, 0) is 6.61 Å². The summed E-state index contributed by atoms with van der Waals surface area (Å²) in [6.07, 6.45) is 0. The van der Waals surface area contributed by atoms with Crippen LogP contribution in [0, 0.1) is 6.92 Å². The molecule has 0 unspecified atom stereocenters. The van der Waals surface area contributed by atoms with E-state index < -0.39 is 0 Å². The van der Waals surface area contributed by atoms with Crippen LogP contribution in [0.3, 0.4) is 0 Å². The highest BCUT2D eigenvalue weighted by Gasteiger charge is 2.14. The zero-order chi connectivity index (χ0) is 18.8. The van der Waals surface area contributed by atoms with Crippen molar-refractivity contribution < 1.29 is 9.15 Å². The van der Waals surface area contributed by atoms with Crippen LogP contribution in [0.5, 0.6) is 5.75 Å². The van der Waals surface area contributed by atoms with E-state index in [0.717, 1.165) is 11.1 Å². The average Bonchev–Trinajstić information content (AvgIpc) is 2.67. The van der Waals surface area contributed by atoms with Crippen LogP contribution < -0.4 is 10.2 Å². The number of halogens is 1. The van der Waals surface area contributed by atoms with Gasteiger partial charge in [0.05, 0.1) is 10.9 Å². The molecule has 1 aromatic heterocycles. The van der Waals surface area contributed by atoms with E-state index in [1.165, 1.54) is 0 Å². The highest BCUT2D eigenvalue weighted by molar-refractivity contribution is 6.30. The van der Waals surface area contributed by atoms with Crippen LogP contribution in [-0.4, -0.2) is 0 Å². The molecule has 27 heavy (non-hydrogen) atoms. The molecule has 134 valence electrons. The van der Waals surface area contributed by atoms with E-state index in [-0.39, 0.29) is 5.43 Å². The molecule has 3 aromatic carbocycles. The van der Waals surface area contributed by atoms with Crippen LogP contribution in [0.25, 0.3) is 22.1 Å².